The van der Waals surface area contributed by atoms with Gasteiger partial charge in [-0.3, -0.25) is 0 Å². The van der Waals surface area contributed by atoms with Gasteiger partial charge in [0, 0.05) is 4.47 Å². The Hall–Kier alpha value is -0.380. The highest BCUT2D eigenvalue weighted by atomic mass is 79.9. The standard InChI is InChI=1S/C12H18BrNO/c1-8-3-4-10(6-12(8)13)11(7-14)5-9(2)15/h3-4,6,9,11,15H,5,7,14H2,1-2H3. The highest BCUT2D eigenvalue weighted by Gasteiger charge is 2.13. The van der Waals surface area contributed by atoms with Gasteiger partial charge in [-0.05, 0) is 49.9 Å². The molecule has 84 valence electrons. The number of aliphatic hydroxyl groups is 1. The van der Waals surface area contributed by atoms with Crippen LogP contribution < -0.4 is 5.73 Å². The average molecular weight is 272 g/mol. The van der Waals surface area contributed by atoms with Gasteiger partial charge in [0.1, 0.15) is 0 Å². The van der Waals surface area contributed by atoms with Gasteiger partial charge >= 0.3 is 0 Å². The van der Waals surface area contributed by atoms with E-state index in [1.807, 2.05) is 0 Å². The third-order valence-electron chi connectivity index (χ3n) is 2.58. The predicted octanol–water partition coefficient (Wildman–Crippen LogP) is 2.57. The summed E-state index contributed by atoms with van der Waals surface area (Å²) in [5.41, 5.74) is 8.12. The molecule has 0 amide bonds. The molecule has 0 aliphatic rings. The van der Waals surface area contributed by atoms with Crippen molar-refractivity contribution < 1.29 is 5.11 Å². The van der Waals surface area contributed by atoms with Crippen molar-refractivity contribution in [2.75, 3.05) is 6.54 Å². The van der Waals surface area contributed by atoms with Crippen LogP contribution in [0.1, 0.15) is 30.4 Å². The van der Waals surface area contributed by atoms with Gasteiger partial charge in [-0.15, -0.1) is 0 Å². The first-order valence-electron chi connectivity index (χ1n) is 5.18. The Morgan fingerprint density at radius 1 is 1.47 bits per heavy atom. The van der Waals surface area contributed by atoms with Crippen LogP contribution in [0.15, 0.2) is 22.7 Å². The smallest absolute Gasteiger partial charge is 0.0518 e. The molecule has 0 saturated heterocycles. The molecular weight excluding hydrogens is 254 g/mol. The van der Waals surface area contributed by atoms with Gasteiger partial charge in [0.15, 0.2) is 0 Å². The van der Waals surface area contributed by atoms with Crippen molar-refractivity contribution in [1.29, 1.82) is 0 Å². The van der Waals surface area contributed by atoms with Crippen molar-refractivity contribution in [1.82, 2.24) is 0 Å². The second-order valence-electron chi connectivity index (χ2n) is 4.03. The number of aryl methyl sites for hydroxylation is 1. The van der Waals surface area contributed by atoms with Crippen molar-refractivity contribution in [3.8, 4) is 0 Å². The van der Waals surface area contributed by atoms with Crippen LogP contribution in [0.3, 0.4) is 0 Å². The largest absolute Gasteiger partial charge is 0.393 e. The quantitative estimate of drug-likeness (QED) is 0.884. The molecule has 3 heteroatoms. The summed E-state index contributed by atoms with van der Waals surface area (Å²) < 4.78 is 1.10. The zero-order valence-electron chi connectivity index (χ0n) is 9.20. The van der Waals surface area contributed by atoms with Gasteiger partial charge in [-0.25, -0.2) is 0 Å². The van der Waals surface area contributed by atoms with E-state index in [4.69, 9.17) is 5.73 Å². The normalized spacial score (nSPS) is 15.0. The molecule has 0 saturated carbocycles. The van der Waals surface area contributed by atoms with Gasteiger partial charge in [0.2, 0.25) is 0 Å². The van der Waals surface area contributed by atoms with Crippen LogP contribution in [-0.2, 0) is 0 Å². The summed E-state index contributed by atoms with van der Waals surface area (Å²) >= 11 is 3.51. The summed E-state index contributed by atoms with van der Waals surface area (Å²) in [6.45, 7) is 4.42. The van der Waals surface area contributed by atoms with Gasteiger partial charge in [-0.1, -0.05) is 28.1 Å². The summed E-state index contributed by atoms with van der Waals surface area (Å²) in [5, 5.41) is 9.37. The highest BCUT2D eigenvalue weighted by Crippen LogP contribution is 2.25. The highest BCUT2D eigenvalue weighted by molar-refractivity contribution is 9.10. The van der Waals surface area contributed by atoms with E-state index in [1.165, 1.54) is 11.1 Å². The lowest BCUT2D eigenvalue weighted by molar-refractivity contribution is 0.175. The fourth-order valence-electron chi connectivity index (χ4n) is 1.64. The molecule has 2 nitrogen and oxygen atoms in total. The molecule has 0 bridgehead atoms. The Kier molecular flexibility index (Phi) is 4.77. The number of benzene rings is 1. The van der Waals surface area contributed by atoms with E-state index in [2.05, 4.69) is 41.1 Å². The van der Waals surface area contributed by atoms with Crippen LogP contribution >= 0.6 is 15.9 Å². The maximum absolute atomic E-state index is 9.37. The second-order valence-corrected chi connectivity index (χ2v) is 4.88. The topological polar surface area (TPSA) is 46.2 Å². The third kappa shape index (κ3) is 3.59. The molecular formula is C12H18BrNO. The number of halogens is 1. The number of hydrogen-bond donors (Lipinski definition) is 2. The van der Waals surface area contributed by atoms with Crippen molar-refractivity contribution in [3.63, 3.8) is 0 Å². The lowest BCUT2D eigenvalue weighted by atomic mass is 9.93. The number of hydrogen-bond acceptors (Lipinski definition) is 2. The monoisotopic (exact) mass is 271 g/mol. The van der Waals surface area contributed by atoms with Gasteiger partial charge in [0.05, 0.1) is 6.10 Å². The zero-order chi connectivity index (χ0) is 11.4. The SMILES string of the molecule is Cc1ccc(C(CN)CC(C)O)cc1Br. The Bertz CT molecular complexity index is 325. The van der Waals surface area contributed by atoms with E-state index in [0.717, 1.165) is 4.47 Å². The Morgan fingerprint density at radius 3 is 2.60 bits per heavy atom. The Labute approximate surface area is 99.6 Å². The Balaban J connectivity index is 2.87. The van der Waals surface area contributed by atoms with E-state index >= 15 is 0 Å². The predicted molar refractivity (Wildman–Crippen MR) is 67.0 cm³/mol. The van der Waals surface area contributed by atoms with Crippen LogP contribution in [0.5, 0.6) is 0 Å². The minimum Gasteiger partial charge on any atom is -0.393 e. The first kappa shape index (κ1) is 12.7. The molecule has 1 aromatic rings. The number of nitrogens with two attached hydrogens (primary N) is 1. The maximum atomic E-state index is 9.37. The van der Waals surface area contributed by atoms with Crippen LogP contribution in [0.2, 0.25) is 0 Å². The van der Waals surface area contributed by atoms with Crippen molar-refractivity contribution in [2.45, 2.75) is 32.3 Å². The van der Waals surface area contributed by atoms with Crippen molar-refractivity contribution in [3.05, 3.63) is 33.8 Å². The second kappa shape index (κ2) is 5.64. The third-order valence-corrected chi connectivity index (χ3v) is 3.43. The number of aliphatic hydroxyl groups excluding tert-OH is 1. The van der Waals surface area contributed by atoms with E-state index in [-0.39, 0.29) is 12.0 Å². The lowest BCUT2D eigenvalue weighted by Gasteiger charge is -2.17. The fourth-order valence-corrected chi connectivity index (χ4v) is 2.04. The molecule has 0 fully saturated rings. The van der Waals surface area contributed by atoms with Crippen LogP contribution in [0.25, 0.3) is 0 Å². The van der Waals surface area contributed by atoms with Crippen LogP contribution in [-0.4, -0.2) is 17.8 Å². The molecule has 1 rings (SSSR count). The first-order valence-corrected chi connectivity index (χ1v) is 5.98. The molecule has 0 radical (unpaired) electrons. The summed E-state index contributed by atoms with van der Waals surface area (Å²) in [6, 6.07) is 6.25. The molecule has 0 aliphatic heterocycles. The van der Waals surface area contributed by atoms with E-state index < -0.39 is 0 Å². The first-order chi connectivity index (χ1) is 7.04. The lowest BCUT2D eigenvalue weighted by Crippen LogP contribution is -2.17. The van der Waals surface area contributed by atoms with Crippen molar-refractivity contribution in [2.24, 2.45) is 5.73 Å². The van der Waals surface area contributed by atoms with Gasteiger partial charge < -0.3 is 10.8 Å². The minimum atomic E-state index is -0.307. The summed E-state index contributed by atoms with van der Waals surface area (Å²) in [5.74, 6) is 0.238. The van der Waals surface area contributed by atoms with Gasteiger partial charge in [0.25, 0.3) is 0 Å². The molecule has 15 heavy (non-hydrogen) atoms. The summed E-state index contributed by atoms with van der Waals surface area (Å²) in [7, 11) is 0. The molecule has 2 unspecified atom stereocenters. The fraction of sp³-hybridized carbons (Fsp3) is 0.500. The van der Waals surface area contributed by atoms with Gasteiger partial charge in [-0.2, -0.15) is 0 Å². The van der Waals surface area contributed by atoms with Crippen molar-refractivity contribution >= 4 is 15.9 Å². The summed E-state index contributed by atoms with van der Waals surface area (Å²) in [6.07, 6.45) is 0.407. The minimum absolute atomic E-state index is 0.238. The van der Waals surface area contributed by atoms with E-state index in [0.29, 0.717) is 13.0 Å². The molecule has 0 aliphatic carbocycles. The molecule has 0 heterocycles. The van der Waals surface area contributed by atoms with Crippen LogP contribution in [0, 0.1) is 6.92 Å². The Morgan fingerprint density at radius 2 is 2.13 bits per heavy atom. The molecule has 0 aromatic heterocycles. The number of rotatable bonds is 4. The molecule has 2 atom stereocenters. The molecule has 0 spiro atoms. The summed E-state index contributed by atoms with van der Waals surface area (Å²) in [4.78, 5) is 0. The average Bonchev–Trinajstić information content (AvgIpc) is 2.18. The van der Waals surface area contributed by atoms with E-state index in [1.54, 1.807) is 6.92 Å². The maximum Gasteiger partial charge on any atom is 0.0518 e. The molecule has 1 aromatic carbocycles. The molecule has 3 N–H and O–H groups in total. The van der Waals surface area contributed by atoms with Crippen LogP contribution in [0.4, 0.5) is 0 Å². The van der Waals surface area contributed by atoms with E-state index in [9.17, 15) is 5.11 Å². The zero-order valence-corrected chi connectivity index (χ0v) is 10.8.